The zero-order chi connectivity index (χ0) is 14.6. The molecule has 0 bridgehead atoms. The van der Waals surface area contributed by atoms with E-state index in [1.165, 1.54) is 4.90 Å². The number of aliphatic hydroxyl groups excluding tert-OH is 1. The van der Waals surface area contributed by atoms with Gasteiger partial charge in [0, 0.05) is 6.54 Å². The predicted octanol–water partition coefficient (Wildman–Crippen LogP) is 0.712. The fraction of sp³-hybridized carbons (Fsp3) is 0.833. The van der Waals surface area contributed by atoms with Gasteiger partial charge in [0.15, 0.2) is 0 Å². The number of ether oxygens (including phenoxy) is 1. The molecule has 1 rings (SSSR count). The first-order valence-electron chi connectivity index (χ1n) is 6.24. The summed E-state index contributed by atoms with van der Waals surface area (Å²) in [5.74, 6) is -0.463. The molecule has 0 unspecified atom stereocenters. The van der Waals surface area contributed by atoms with Gasteiger partial charge in [0.25, 0.3) is 0 Å². The van der Waals surface area contributed by atoms with Crippen LogP contribution in [-0.4, -0.2) is 58.7 Å². The third-order valence-electron chi connectivity index (χ3n) is 2.70. The van der Waals surface area contributed by atoms with Gasteiger partial charge in [0.1, 0.15) is 11.5 Å². The number of alkyl halides is 1. The van der Waals surface area contributed by atoms with Crippen LogP contribution in [0.15, 0.2) is 0 Å². The van der Waals surface area contributed by atoms with E-state index in [9.17, 15) is 14.7 Å². The van der Waals surface area contributed by atoms with Crippen LogP contribution in [0.1, 0.15) is 27.2 Å². The van der Waals surface area contributed by atoms with Crippen molar-refractivity contribution >= 4 is 23.6 Å². The van der Waals surface area contributed by atoms with Crippen molar-refractivity contribution in [2.24, 2.45) is 0 Å². The number of amides is 2. The van der Waals surface area contributed by atoms with E-state index in [0.29, 0.717) is 13.0 Å². The third kappa shape index (κ3) is 5.24. The Kier molecular flexibility index (Phi) is 5.43. The Morgan fingerprint density at radius 3 is 2.58 bits per heavy atom. The molecule has 0 radical (unpaired) electrons. The number of carbonyl (C=O) groups is 2. The predicted molar refractivity (Wildman–Crippen MR) is 71.1 cm³/mol. The lowest BCUT2D eigenvalue weighted by molar-refractivity contribution is -0.120. The summed E-state index contributed by atoms with van der Waals surface area (Å²) >= 11 is 5.39. The number of nitrogens with one attached hydrogen (secondary N) is 1. The second kappa shape index (κ2) is 6.43. The molecule has 19 heavy (non-hydrogen) atoms. The quantitative estimate of drug-likeness (QED) is 0.735. The molecule has 1 aliphatic rings. The molecule has 2 amide bonds. The Morgan fingerprint density at radius 1 is 1.47 bits per heavy atom. The van der Waals surface area contributed by atoms with Crippen LogP contribution in [0.2, 0.25) is 0 Å². The van der Waals surface area contributed by atoms with E-state index in [-0.39, 0.29) is 24.4 Å². The molecular weight excluding hydrogens is 272 g/mol. The van der Waals surface area contributed by atoms with Crippen LogP contribution in [0.5, 0.6) is 0 Å². The lowest BCUT2D eigenvalue weighted by Crippen LogP contribution is -2.56. The zero-order valence-electron chi connectivity index (χ0n) is 11.5. The summed E-state index contributed by atoms with van der Waals surface area (Å²) in [7, 11) is 0. The van der Waals surface area contributed by atoms with E-state index >= 15 is 0 Å². The minimum atomic E-state index is -0.812. The molecule has 2 atom stereocenters. The molecule has 0 spiro atoms. The molecule has 1 heterocycles. The average molecular weight is 293 g/mol. The van der Waals surface area contributed by atoms with Crippen LogP contribution in [0.3, 0.4) is 0 Å². The van der Waals surface area contributed by atoms with Crippen LogP contribution >= 0.6 is 11.6 Å². The third-order valence-corrected chi connectivity index (χ3v) is 2.94. The number of rotatable bonds is 2. The fourth-order valence-corrected chi connectivity index (χ4v) is 1.91. The molecule has 0 saturated carbocycles. The normalized spacial score (nSPS) is 23.9. The number of likely N-dealkylation sites (tertiary alicyclic amines) is 1. The Labute approximate surface area is 118 Å². The van der Waals surface area contributed by atoms with Crippen molar-refractivity contribution in [3.05, 3.63) is 0 Å². The molecule has 7 heteroatoms. The van der Waals surface area contributed by atoms with Crippen molar-refractivity contribution in [2.45, 2.75) is 44.9 Å². The van der Waals surface area contributed by atoms with Gasteiger partial charge in [-0.2, -0.15) is 0 Å². The molecule has 0 aromatic carbocycles. The first kappa shape index (κ1) is 16.0. The van der Waals surface area contributed by atoms with E-state index in [0.717, 1.165) is 0 Å². The van der Waals surface area contributed by atoms with Crippen LogP contribution in [0, 0.1) is 0 Å². The summed E-state index contributed by atoms with van der Waals surface area (Å²) in [5, 5.41) is 12.6. The Balaban J connectivity index is 2.49. The van der Waals surface area contributed by atoms with Crippen LogP contribution < -0.4 is 5.32 Å². The van der Waals surface area contributed by atoms with Crippen molar-refractivity contribution in [3.63, 3.8) is 0 Å². The summed E-state index contributed by atoms with van der Waals surface area (Å²) in [5.41, 5.74) is -0.564. The molecule has 0 aliphatic carbocycles. The monoisotopic (exact) mass is 292 g/mol. The van der Waals surface area contributed by atoms with Crippen molar-refractivity contribution in [1.82, 2.24) is 10.2 Å². The SMILES string of the molecule is CC(C)(C)OC(=O)N1CC[C@H](NC(=O)CCl)[C@@H](O)C1. The highest BCUT2D eigenvalue weighted by Crippen LogP contribution is 2.16. The second-order valence-electron chi connectivity index (χ2n) is 5.59. The van der Waals surface area contributed by atoms with E-state index in [1.54, 1.807) is 20.8 Å². The first-order valence-corrected chi connectivity index (χ1v) is 6.77. The molecule has 1 saturated heterocycles. The molecule has 0 aromatic rings. The van der Waals surface area contributed by atoms with Gasteiger partial charge < -0.3 is 20.1 Å². The molecule has 1 aliphatic heterocycles. The van der Waals surface area contributed by atoms with Crippen molar-refractivity contribution in [3.8, 4) is 0 Å². The minimum absolute atomic E-state index is 0.140. The molecule has 6 nitrogen and oxygen atoms in total. The fourth-order valence-electron chi connectivity index (χ4n) is 1.84. The van der Waals surface area contributed by atoms with Crippen LogP contribution in [0.4, 0.5) is 4.79 Å². The maximum Gasteiger partial charge on any atom is 0.410 e. The van der Waals surface area contributed by atoms with Gasteiger partial charge in [0.2, 0.25) is 5.91 Å². The van der Waals surface area contributed by atoms with Crippen molar-refractivity contribution in [2.75, 3.05) is 19.0 Å². The lowest BCUT2D eigenvalue weighted by atomic mass is 10.0. The summed E-state index contributed by atoms with van der Waals surface area (Å²) in [6.45, 7) is 5.93. The number of piperidine rings is 1. The highest BCUT2D eigenvalue weighted by atomic mass is 35.5. The largest absolute Gasteiger partial charge is 0.444 e. The molecule has 1 fully saturated rings. The number of β-amino-alcohol motifs (C(OH)–C–C–N with tert-alkyl or cyclic N) is 1. The van der Waals surface area contributed by atoms with Gasteiger partial charge in [-0.15, -0.1) is 11.6 Å². The van der Waals surface area contributed by atoms with Gasteiger partial charge in [-0.25, -0.2) is 4.79 Å². The van der Waals surface area contributed by atoms with Crippen LogP contribution in [0.25, 0.3) is 0 Å². The Morgan fingerprint density at radius 2 is 2.11 bits per heavy atom. The van der Waals surface area contributed by atoms with Gasteiger partial charge in [-0.1, -0.05) is 0 Å². The number of carbonyl (C=O) groups excluding carboxylic acids is 2. The summed E-state index contributed by atoms with van der Waals surface area (Å²) in [6.07, 6.45) is -0.787. The van der Waals surface area contributed by atoms with E-state index in [1.807, 2.05) is 0 Å². The highest BCUT2D eigenvalue weighted by Gasteiger charge is 2.32. The van der Waals surface area contributed by atoms with E-state index in [4.69, 9.17) is 16.3 Å². The maximum atomic E-state index is 11.8. The van der Waals surface area contributed by atoms with E-state index in [2.05, 4.69) is 5.32 Å². The Bertz CT molecular complexity index is 343. The number of nitrogens with zero attached hydrogens (tertiary/aromatic N) is 1. The van der Waals surface area contributed by atoms with Gasteiger partial charge in [0.05, 0.1) is 18.7 Å². The standard InChI is InChI=1S/C12H21ClN2O4/c1-12(2,3)19-11(18)15-5-4-8(9(16)7-15)14-10(17)6-13/h8-9,16H,4-7H2,1-3H3,(H,14,17)/t8-,9-/m0/s1. The number of hydrogen-bond acceptors (Lipinski definition) is 4. The number of hydrogen-bond donors (Lipinski definition) is 2. The summed E-state index contributed by atoms with van der Waals surface area (Å²) < 4.78 is 5.23. The number of halogens is 1. The molecular formula is C12H21ClN2O4. The minimum Gasteiger partial charge on any atom is -0.444 e. The average Bonchev–Trinajstić information content (AvgIpc) is 2.29. The smallest absolute Gasteiger partial charge is 0.410 e. The van der Waals surface area contributed by atoms with Gasteiger partial charge >= 0.3 is 6.09 Å². The van der Waals surface area contributed by atoms with Crippen molar-refractivity contribution < 1.29 is 19.4 Å². The molecule has 110 valence electrons. The lowest BCUT2D eigenvalue weighted by Gasteiger charge is -2.36. The van der Waals surface area contributed by atoms with Gasteiger partial charge in [-0.05, 0) is 27.2 Å². The van der Waals surface area contributed by atoms with Crippen LogP contribution in [-0.2, 0) is 9.53 Å². The highest BCUT2D eigenvalue weighted by molar-refractivity contribution is 6.27. The molecule has 2 N–H and O–H groups in total. The van der Waals surface area contributed by atoms with E-state index < -0.39 is 17.8 Å². The first-order chi connectivity index (χ1) is 8.73. The number of aliphatic hydroxyl groups is 1. The zero-order valence-corrected chi connectivity index (χ0v) is 12.2. The van der Waals surface area contributed by atoms with Crippen molar-refractivity contribution in [1.29, 1.82) is 0 Å². The second-order valence-corrected chi connectivity index (χ2v) is 5.86. The topological polar surface area (TPSA) is 78.9 Å². The van der Waals surface area contributed by atoms with Gasteiger partial charge in [-0.3, -0.25) is 4.79 Å². The summed E-state index contributed by atoms with van der Waals surface area (Å²) in [6, 6.07) is -0.370. The molecule has 0 aromatic heterocycles. The maximum absolute atomic E-state index is 11.8. The Hall–Kier alpha value is -1.01. The summed E-state index contributed by atoms with van der Waals surface area (Å²) in [4.78, 5) is 24.4.